The lowest BCUT2D eigenvalue weighted by atomic mass is 10.1. The van der Waals surface area contributed by atoms with Gasteiger partial charge in [-0.2, -0.15) is 0 Å². The van der Waals surface area contributed by atoms with Gasteiger partial charge in [0.2, 0.25) is 0 Å². The molecule has 3 aromatic rings. The summed E-state index contributed by atoms with van der Waals surface area (Å²) in [4.78, 5) is 12.4. The van der Waals surface area contributed by atoms with Crippen LogP contribution < -0.4 is 14.8 Å². The van der Waals surface area contributed by atoms with Gasteiger partial charge in [-0.3, -0.25) is 4.79 Å². The SMILES string of the molecule is COc1ccc(CNC(=O)c2cn(-c3cc(C)cc(C)c3)nn2)cc1OC. The average molecular weight is 366 g/mol. The molecule has 0 saturated carbocycles. The van der Waals surface area contributed by atoms with E-state index >= 15 is 0 Å². The van der Waals surface area contributed by atoms with Crippen molar-refractivity contribution in [3.8, 4) is 17.2 Å². The molecule has 1 amide bonds. The van der Waals surface area contributed by atoms with Crippen molar-refractivity contribution in [2.45, 2.75) is 20.4 Å². The molecule has 0 saturated heterocycles. The van der Waals surface area contributed by atoms with Crippen LogP contribution in [0.15, 0.2) is 42.6 Å². The molecule has 0 fully saturated rings. The number of aryl methyl sites for hydroxylation is 2. The Morgan fingerprint density at radius 2 is 1.74 bits per heavy atom. The van der Waals surface area contributed by atoms with Gasteiger partial charge in [-0.25, -0.2) is 4.68 Å². The molecule has 0 aliphatic carbocycles. The fraction of sp³-hybridized carbons (Fsp3) is 0.250. The number of methoxy groups -OCH3 is 2. The van der Waals surface area contributed by atoms with Gasteiger partial charge in [-0.1, -0.05) is 17.3 Å². The molecule has 0 aliphatic rings. The Morgan fingerprint density at radius 3 is 2.41 bits per heavy atom. The Morgan fingerprint density at radius 1 is 1.04 bits per heavy atom. The first-order chi connectivity index (χ1) is 13.0. The standard InChI is InChI=1S/C20H22N4O3/c1-13-7-14(2)9-16(8-13)24-12-17(22-23-24)20(25)21-11-15-5-6-18(26-3)19(10-15)27-4/h5-10,12H,11H2,1-4H3,(H,21,25). The van der Waals surface area contributed by atoms with E-state index in [0.29, 0.717) is 18.0 Å². The summed E-state index contributed by atoms with van der Waals surface area (Å²) in [5.41, 5.74) is 4.27. The summed E-state index contributed by atoms with van der Waals surface area (Å²) < 4.78 is 12.1. The summed E-state index contributed by atoms with van der Waals surface area (Å²) in [6.45, 7) is 4.38. The fourth-order valence-electron chi connectivity index (χ4n) is 2.84. The van der Waals surface area contributed by atoms with E-state index < -0.39 is 0 Å². The third-order valence-electron chi connectivity index (χ3n) is 4.10. The number of aromatic nitrogens is 3. The highest BCUT2D eigenvalue weighted by Crippen LogP contribution is 2.27. The number of carbonyl (C=O) groups is 1. The summed E-state index contributed by atoms with van der Waals surface area (Å²) in [7, 11) is 3.16. The highest BCUT2D eigenvalue weighted by Gasteiger charge is 2.12. The highest BCUT2D eigenvalue weighted by molar-refractivity contribution is 5.91. The molecule has 27 heavy (non-hydrogen) atoms. The number of carbonyl (C=O) groups excluding carboxylic acids is 1. The molecule has 0 spiro atoms. The summed E-state index contributed by atoms with van der Waals surface area (Å²) in [6, 6.07) is 11.6. The van der Waals surface area contributed by atoms with Gasteiger partial charge in [-0.15, -0.1) is 5.10 Å². The third-order valence-corrected chi connectivity index (χ3v) is 4.10. The Labute approximate surface area is 157 Å². The minimum atomic E-state index is -0.291. The smallest absolute Gasteiger partial charge is 0.273 e. The minimum absolute atomic E-state index is 0.259. The third kappa shape index (κ3) is 4.25. The molecule has 0 radical (unpaired) electrons. The second-order valence-corrected chi connectivity index (χ2v) is 6.27. The topological polar surface area (TPSA) is 78.3 Å². The van der Waals surface area contributed by atoms with Crippen molar-refractivity contribution in [3.05, 3.63) is 65.0 Å². The second-order valence-electron chi connectivity index (χ2n) is 6.27. The van der Waals surface area contributed by atoms with Crippen molar-refractivity contribution in [1.29, 1.82) is 0 Å². The van der Waals surface area contributed by atoms with E-state index in [9.17, 15) is 4.79 Å². The monoisotopic (exact) mass is 366 g/mol. The first-order valence-electron chi connectivity index (χ1n) is 8.50. The first kappa shape index (κ1) is 18.4. The molecule has 0 bridgehead atoms. The Kier molecular flexibility index (Phi) is 5.40. The summed E-state index contributed by atoms with van der Waals surface area (Å²) >= 11 is 0. The van der Waals surface area contributed by atoms with Crippen molar-refractivity contribution >= 4 is 5.91 Å². The van der Waals surface area contributed by atoms with Crippen molar-refractivity contribution in [2.75, 3.05) is 14.2 Å². The predicted octanol–water partition coefficient (Wildman–Crippen LogP) is 2.83. The van der Waals surface area contributed by atoms with Gasteiger partial charge in [0.05, 0.1) is 26.1 Å². The summed E-state index contributed by atoms with van der Waals surface area (Å²) in [6.07, 6.45) is 1.62. The van der Waals surface area contributed by atoms with Crippen LogP contribution in [0.4, 0.5) is 0 Å². The molecule has 0 aliphatic heterocycles. The van der Waals surface area contributed by atoms with Crippen LogP contribution in [0.2, 0.25) is 0 Å². The lowest BCUT2D eigenvalue weighted by Crippen LogP contribution is -2.23. The molecule has 2 aromatic carbocycles. The molecular formula is C20H22N4O3. The minimum Gasteiger partial charge on any atom is -0.493 e. The molecule has 1 heterocycles. The van der Waals surface area contributed by atoms with Gasteiger partial charge in [0.1, 0.15) is 0 Å². The normalized spacial score (nSPS) is 10.5. The number of hydrogen-bond acceptors (Lipinski definition) is 5. The first-order valence-corrected chi connectivity index (χ1v) is 8.50. The molecule has 1 N–H and O–H groups in total. The van der Waals surface area contributed by atoms with E-state index in [-0.39, 0.29) is 11.6 Å². The molecule has 0 unspecified atom stereocenters. The van der Waals surface area contributed by atoms with Crippen molar-refractivity contribution in [1.82, 2.24) is 20.3 Å². The second kappa shape index (κ2) is 7.90. The molecular weight excluding hydrogens is 344 g/mol. The summed E-state index contributed by atoms with van der Waals surface area (Å²) in [5, 5.41) is 10.9. The maximum atomic E-state index is 12.4. The van der Waals surface area contributed by atoms with E-state index in [1.165, 1.54) is 0 Å². The van der Waals surface area contributed by atoms with Crippen molar-refractivity contribution in [3.63, 3.8) is 0 Å². The largest absolute Gasteiger partial charge is 0.493 e. The van der Waals surface area contributed by atoms with Crippen LogP contribution in [0.5, 0.6) is 11.5 Å². The van der Waals surface area contributed by atoms with Crippen molar-refractivity contribution < 1.29 is 14.3 Å². The van der Waals surface area contributed by atoms with Gasteiger partial charge >= 0.3 is 0 Å². The van der Waals surface area contributed by atoms with Gasteiger partial charge in [0.15, 0.2) is 17.2 Å². The number of rotatable bonds is 6. The zero-order chi connectivity index (χ0) is 19.4. The number of hydrogen-bond donors (Lipinski definition) is 1. The van der Waals surface area contributed by atoms with E-state index in [1.54, 1.807) is 31.2 Å². The Hall–Kier alpha value is -3.35. The van der Waals surface area contributed by atoms with Crippen molar-refractivity contribution in [2.24, 2.45) is 0 Å². The molecule has 3 rings (SSSR count). The zero-order valence-corrected chi connectivity index (χ0v) is 15.8. The maximum absolute atomic E-state index is 12.4. The van der Waals surface area contributed by atoms with Crippen LogP contribution in [-0.4, -0.2) is 35.1 Å². The zero-order valence-electron chi connectivity index (χ0n) is 15.8. The van der Waals surface area contributed by atoms with E-state index in [4.69, 9.17) is 9.47 Å². The molecule has 0 atom stereocenters. The number of ether oxygens (including phenoxy) is 2. The van der Waals surface area contributed by atoms with Crippen LogP contribution in [0.3, 0.4) is 0 Å². The number of benzene rings is 2. The lowest BCUT2D eigenvalue weighted by molar-refractivity contribution is 0.0946. The van der Waals surface area contributed by atoms with Gasteiger partial charge in [0.25, 0.3) is 5.91 Å². The molecule has 7 nitrogen and oxygen atoms in total. The Bertz CT molecular complexity index is 945. The predicted molar refractivity (Wildman–Crippen MR) is 102 cm³/mol. The maximum Gasteiger partial charge on any atom is 0.273 e. The number of amides is 1. The quantitative estimate of drug-likeness (QED) is 0.726. The van der Waals surface area contributed by atoms with Crippen LogP contribution in [0.25, 0.3) is 5.69 Å². The Balaban J connectivity index is 1.69. The van der Waals surface area contributed by atoms with Crippen LogP contribution in [0, 0.1) is 13.8 Å². The lowest BCUT2D eigenvalue weighted by Gasteiger charge is -2.09. The van der Waals surface area contributed by atoms with Crippen LogP contribution >= 0.6 is 0 Å². The molecule has 140 valence electrons. The molecule has 1 aromatic heterocycles. The van der Waals surface area contributed by atoms with Gasteiger partial charge in [0, 0.05) is 6.54 Å². The highest BCUT2D eigenvalue weighted by atomic mass is 16.5. The average Bonchev–Trinajstić information content (AvgIpc) is 3.15. The molecule has 7 heteroatoms. The van der Waals surface area contributed by atoms with E-state index in [1.807, 2.05) is 38.1 Å². The van der Waals surface area contributed by atoms with Gasteiger partial charge < -0.3 is 14.8 Å². The van der Waals surface area contributed by atoms with E-state index in [2.05, 4.69) is 21.7 Å². The fourth-order valence-corrected chi connectivity index (χ4v) is 2.84. The van der Waals surface area contributed by atoms with Crippen LogP contribution in [-0.2, 0) is 6.54 Å². The number of nitrogens with one attached hydrogen (secondary N) is 1. The van der Waals surface area contributed by atoms with Gasteiger partial charge in [-0.05, 0) is 54.8 Å². The summed E-state index contributed by atoms with van der Waals surface area (Å²) in [5.74, 6) is 0.967. The van der Waals surface area contributed by atoms with Crippen LogP contribution in [0.1, 0.15) is 27.2 Å². The number of nitrogens with zero attached hydrogens (tertiary/aromatic N) is 3. The van der Waals surface area contributed by atoms with E-state index in [0.717, 1.165) is 22.4 Å².